The van der Waals surface area contributed by atoms with Crippen molar-refractivity contribution in [1.29, 1.82) is 0 Å². The summed E-state index contributed by atoms with van der Waals surface area (Å²) in [5, 5.41) is 3.50. The summed E-state index contributed by atoms with van der Waals surface area (Å²) in [7, 11) is 0. The number of ether oxygens (including phenoxy) is 1. The first-order valence-corrected chi connectivity index (χ1v) is 5.88. The van der Waals surface area contributed by atoms with Gasteiger partial charge in [-0.2, -0.15) is 0 Å². The van der Waals surface area contributed by atoms with Gasteiger partial charge in [-0.3, -0.25) is 0 Å². The van der Waals surface area contributed by atoms with Gasteiger partial charge in [-0.05, 0) is 40.5 Å². The smallest absolute Gasteiger partial charge is 0.0671 e. The van der Waals surface area contributed by atoms with Gasteiger partial charge in [0.1, 0.15) is 0 Å². The quantitative estimate of drug-likeness (QED) is 0.625. The van der Waals surface area contributed by atoms with Gasteiger partial charge in [0.2, 0.25) is 0 Å². The fourth-order valence-electron chi connectivity index (χ4n) is 1.04. The van der Waals surface area contributed by atoms with Crippen molar-refractivity contribution in [3.05, 3.63) is 12.2 Å². The minimum absolute atomic E-state index is 0.214. The largest absolute Gasteiger partial charge is 0.377 e. The van der Waals surface area contributed by atoms with E-state index in [0.717, 1.165) is 26.0 Å². The fraction of sp³-hybridized carbons (Fsp3) is 0.846. The van der Waals surface area contributed by atoms with Crippen molar-refractivity contribution in [2.24, 2.45) is 0 Å². The van der Waals surface area contributed by atoms with E-state index in [1.807, 2.05) is 6.92 Å². The molecule has 90 valence electrons. The molecule has 0 fully saturated rings. The molecule has 1 atom stereocenters. The zero-order valence-electron chi connectivity index (χ0n) is 11.0. The molecule has 0 radical (unpaired) electrons. The van der Waals surface area contributed by atoms with Crippen LogP contribution < -0.4 is 5.32 Å². The lowest BCUT2D eigenvalue weighted by Crippen LogP contribution is -2.42. The highest BCUT2D eigenvalue weighted by Crippen LogP contribution is 2.07. The van der Waals surface area contributed by atoms with E-state index in [-0.39, 0.29) is 11.6 Å². The summed E-state index contributed by atoms with van der Waals surface area (Å²) >= 11 is 0. The molecule has 2 heteroatoms. The Hall–Kier alpha value is -0.340. The Kier molecular flexibility index (Phi) is 6.86. The van der Waals surface area contributed by atoms with Crippen LogP contribution in [0.4, 0.5) is 0 Å². The van der Waals surface area contributed by atoms with Gasteiger partial charge in [-0.15, -0.1) is 6.58 Å². The Bertz CT molecular complexity index is 187. The summed E-state index contributed by atoms with van der Waals surface area (Å²) in [6, 6.07) is 0. The van der Waals surface area contributed by atoms with Crippen LogP contribution in [-0.2, 0) is 4.74 Å². The highest BCUT2D eigenvalue weighted by Gasteiger charge is 2.14. The Morgan fingerprint density at radius 1 is 1.47 bits per heavy atom. The van der Waals surface area contributed by atoms with Gasteiger partial charge in [-0.25, -0.2) is 0 Å². The lowest BCUT2D eigenvalue weighted by Gasteiger charge is -2.26. The van der Waals surface area contributed by atoms with Gasteiger partial charge in [0.25, 0.3) is 0 Å². The summed E-state index contributed by atoms with van der Waals surface area (Å²) in [6.07, 6.45) is 2.36. The Morgan fingerprint density at radius 2 is 2.07 bits per heavy atom. The SMILES string of the molecule is C=C(C)CCOC(C)CNC(C)(C)CC. The van der Waals surface area contributed by atoms with Crippen molar-refractivity contribution in [2.45, 2.75) is 59.1 Å². The molecule has 1 N–H and O–H groups in total. The molecular formula is C13H27NO. The predicted molar refractivity (Wildman–Crippen MR) is 67.2 cm³/mol. The van der Waals surface area contributed by atoms with Gasteiger partial charge >= 0.3 is 0 Å². The molecule has 0 rings (SSSR count). The molecule has 0 aliphatic heterocycles. The van der Waals surface area contributed by atoms with Crippen LogP contribution in [0.5, 0.6) is 0 Å². The molecule has 2 nitrogen and oxygen atoms in total. The highest BCUT2D eigenvalue weighted by atomic mass is 16.5. The number of nitrogens with one attached hydrogen (secondary N) is 1. The van der Waals surface area contributed by atoms with Crippen molar-refractivity contribution < 1.29 is 4.74 Å². The van der Waals surface area contributed by atoms with Crippen molar-refractivity contribution in [1.82, 2.24) is 5.32 Å². The second kappa shape index (κ2) is 7.02. The second-order valence-corrected chi connectivity index (χ2v) is 5.01. The van der Waals surface area contributed by atoms with Gasteiger partial charge in [0.15, 0.2) is 0 Å². The monoisotopic (exact) mass is 213 g/mol. The minimum atomic E-state index is 0.214. The van der Waals surface area contributed by atoms with Crippen molar-refractivity contribution in [3.63, 3.8) is 0 Å². The first-order chi connectivity index (χ1) is 6.87. The molecule has 0 bridgehead atoms. The third kappa shape index (κ3) is 8.64. The maximum Gasteiger partial charge on any atom is 0.0671 e. The molecule has 0 aromatic carbocycles. The van der Waals surface area contributed by atoms with Gasteiger partial charge in [0, 0.05) is 12.1 Å². The molecule has 0 aliphatic rings. The topological polar surface area (TPSA) is 21.3 Å². The summed E-state index contributed by atoms with van der Waals surface area (Å²) in [5.74, 6) is 0. The maximum absolute atomic E-state index is 5.67. The lowest BCUT2D eigenvalue weighted by molar-refractivity contribution is 0.0628. The molecule has 0 saturated carbocycles. The van der Waals surface area contributed by atoms with Crippen LogP contribution >= 0.6 is 0 Å². The molecule has 0 spiro atoms. The highest BCUT2D eigenvalue weighted by molar-refractivity contribution is 4.87. The first-order valence-electron chi connectivity index (χ1n) is 5.88. The first kappa shape index (κ1) is 14.7. The summed E-state index contributed by atoms with van der Waals surface area (Å²) in [6.45, 7) is 16.3. The molecule has 0 aromatic heterocycles. The van der Waals surface area contributed by atoms with E-state index in [1.165, 1.54) is 5.57 Å². The molecular weight excluding hydrogens is 186 g/mol. The van der Waals surface area contributed by atoms with E-state index in [0.29, 0.717) is 0 Å². The third-order valence-electron chi connectivity index (χ3n) is 2.68. The fourth-order valence-corrected chi connectivity index (χ4v) is 1.04. The lowest BCUT2D eigenvalue weighted by atomic mass is 10.0. The van der Waals surface area contributed by atoms with E-state index in [4.69, 9.17) is 4.74 Å². The van der Waals surface area contributed by atoms with Crippen molar-refractivity contribution in [3.8, 4) is 0 Å². The van der Waals surface area contributed by atoms with Crippen LogP contribution in [0.25, 0.3) is 0 Å². The van der Waals surface area contributed by atoms with Gasteiger partial charge < -0.3 is 10.1 Å². The second-order valence-electron chi connectivity index (χ2n) is 5.01. The molecule has 0 saturated heterocycles. The van der Waals surface area contributed by atoms with E-state index >= 15 is 0 Å². The molecule has 0 heterocycles. The predicted octanol–water partition coefficient (Wildman–Crippen LogP) is 3.14. The Morgan fingerprint density at radius 3 is 2.53 bits per heavy atom. The summed E-state index contributed by atoms with van der Waals surface area (Å²) in [4.78, 5) is 0. The molecule has 0 amide bonds. The standard InChI is InChI=1S/C13H27NO/c1-7-13(5,6)14-10-12(4)15-9-8-11(2)3/h12,14H,2,7-10H2,1,3-6H3. The van der Waals surface area contributed by atoms with Crippen molar-refractivity contribution >= 4 is 0 Å². The molecule has 1 unspecified atom stereocenters. The number of hydrogen-bond acceptors (Lipinski definition) is 2. The minimum Gasteiger partial charge on any atom is -0.377 e. The van der Waals surface area contributed by atoms with Crippen LogP contribution in [0, 0.1) is 0 Å². The van der Waals surface area contributed by atoms with Crippen LogP contribution in [-0.4, -0.2) is 24.8 Å². The van der Waals surface area contributed by atoms with Gasteiger partial charge in [-0.1, -0.05) is 12.5 Å². The average Bonchev–Trinajstić information content (AvgIpc) is 2.14. The number of rotatable bonds is 8. The normalized spacial score (nSPS) is 13.9. The van der Waals surface area contributed by atoms with Gasteiger partial charge in [0.05, 0.1) is 12.7 Å². The third-order valence-corrected chi connectivity index (χ3v) is 2.68. The Labute approximate surface area is 95.1 Å². The van der Waals surface area contributed by atoms with Crippen LogP contribution in [0.1, 0.15) is 47.5 Å². The number of hydrogen-bond donors (Lipinski definition) is 1. The zero-order valence-corrected chi connectivity index (χ0v) is 11.0. The van der Waals surface area contributed by atoms with Crippen LogP contribution in [0.15, 0.2) is 12.2 Å². The van der Waals surface area contributed by atoms with E-state index in [9.17, 15) is 0 Å². The molecule has 0 aromatic rings. The molecule has 15 heavy (non-hydrogen) atoms. The average molecular weight is 213 g/mol. The Balaban J connectivity index is 3.57. The summed E-state index contributed by atoms with van der Waals surface area (Å²) in [5.41, 5.74) is 1.40. The van der Waals surface area contributed by atoms with Crippen LogP contribution in [0.3, 0.4) is 0 Å². The van der Waals surface area contributed by atoms with Crippen molar-refractivity contribution in [2.75, 3.05) is 13.2 Å². The van der Waals surface area contributed by atoms with Crippen LogP contribution in [0.2, 0.25) is 0 Å². The zero-order chi connectivity index (χ0) is 11.9. The van der Waals surface area contributed by atoms with E-state index < -0.39 is 0 Å². The van der Waals surface area contributed by atoms with E-state index in [1.54, 1.807) is 0 Å². The maximum atomic E-state index is 5.67. The molecule has 0 aliphatic carbocycles. The summed E-state index contributed by atoms with van der Waals surface area (Å²) < 4.78 is 5.67. The van der Waals surface area contributed by atoms with E-state index in [2.05, 4.69) is 39.6 Å².